The molecule has 1 aliphatic heterocycles. The zero-order valence-electron chi connectivity index (χ0n) is 14.9. The fourth-order valence-corrected chi connectivity index (χ4v) is 3.64. The maximum absolute atomic E-state index is 12.2. The number of piperidine rings is 1. The first-order valence-corrected chi connectivity index (χ1v) is 8.75. The molecule has 0 aliphatic carbocycles. The lowest BCUT2D eigenvalue weighted by atomic mass is 9.85. The van der Waals surface area contributed by atoms with Crippen LogP contribution in [0.1, 0.15) is 24.4 Å². The third kappa shape index (κ3) is 4.39. The highest BCUT2D eigenvalue weighted by atomic mass is 16.5. The number of likely N-dealkylation sites (tertiary alicyclic amines) is 1. The number of aromatic nitrogens is 2. The first kappa shape index (κ1) is 17.5. The number of nitrogens with zero attached hydrogens (tertiary/aromatic N) is 3. The first-order chi connectivity index (χ1) is 12.2. The highest BCUT2D eigenvalue weighted by Crippen LogP contribution is 2.35. The number of carbonyl (C=O) groups is 1. The molecule has 6 heteroatoms. The second kappa shape index (κ2) is 8.16. The van der Waals surface area contributed by atoms with Crippen molar-refractivity contribution in [3.05, 3.63) is 48.3 Å². The van der Waals surface area contributed by atoms with Gasteiger partial charge < -0.3 is 10.1 Å². The lowest BCUT2D eigenvalue weighted by Crippen LogP contribution is -2.42. The topological polar surface area (TPSA) is 59.4 Å². The molecule has 1 fully saturated rings. The molecule has 2 aromatic rings. The highest BCUT2D eigenvalue weighted by molar-refractivity contribution is 5.75. The molecule has 2 atom stereocenters. The van der Waals surface area contributed by atoms with Crippen molar-refractivity contribution < 1.29 is 9.53 Å². The Morgan fingerprint density at radius 3 is 2.84 bits per heavy atom. The highest BCUT2D eigenvalue weighted by Gasteiger charge is 2.30. The number of carbonyl (C=O) groups excluding carboxylic acids is 1. The minimum Gasteiger partial charge on any atom is -0.497 e. The van der Waals surface area contributed by atoms with Crippen molar-refractivity contribution in [2.75, 3.05) is 27.2 Å². The van der Waals surface area contributed by atoms with Crippen LogP contribution in [0.15, 0.2) is 42.7 Å². The number of hydrogen-bond donors (Lipinski definition) is 1. The van der Waals surface area contributed by atoms with E-state index in [1.54, 1.807) is 24.2 Å². The van der Waals surface area contributed by atoms with E-state index in [4.69, 9.17) is 4.74 Å². The minimum absolute atomic E-state index is 0.00501. The van der Waals surface area contributed by atoms with Gasteiger partial charge in [0.25, 0.3) is 0 Å². The van der Waals surface area contributed by atoms with Gasteiger partial charge in [0.05, 0.1) is 7.11 Å². The lowest BCUT2D eigenvalue weighted by molar-refractivity contribution is -0.122. The number of hydrogen-bond acceptors (Lipinski definition) is 4. The predicted octanol–water partition coefficient (Wildman–Crippen LogP) is 2.09. The van der Waals surface area contributed by atoms with Crippen LogP contribution in [0, 0.1) is 5.92 Å². The van der Waals surface area contributed by atoms with Crippen molar-refractivity contribution in [2.45, 2.75) is 25.4 Å². The number of amides is 1. The van der Waals surface area contributed by atoms with Crippen LogP contribution in [0.2, 0.25) is 0 Å². The molecule has 1 amide bonds. The second-order valence-corrected chi connectivity index (χ2v) is 6.61. The SMILES string of the molecule is COc1ccc([C@@H]2[C@@H](CNC(=O)Cn3cccn3)CCCN2C)cc1. The largest absolute Gasteiger partial charge is 0.497 e. The molecule has 3 rings (SSSR count). The molecule has 1 aromatic carbocycles. The average Bonchev–Trinajstić information content (AvgIpc) is 3.13. The maximum atomic E-state index is 12.2. The van der Waals surface area contributed by atoms with Gasteiger partial charge in [0, 0.05) is 25.0 Å². The number of rotatable bonds is 6. The summed E-state index contributed by atoms with van der Waals surface area (Å²) in [5, 5.41) is 7.16. The van der Waals surface area contributed by atoms with E-state index in [0.29, 0.717) is 18.5 Å². The monoisotopic (exact) mass is 342 g/mol. The normalized spacial score (nSPS) is 21.0. The number of benzene rings is 1. The van der Waals surface area contributed by atoms with E-state index in [9.17, 15) is 4.79 Å². The van der Waals surface area contributed by atoms with E-state index in [0.717, 1.165) is 25.1 Å². The predicted molar refractivity (Wildman–Crippen MR) is 96.3 cm³/mol. The van der Waals surface area contributed by atoms with Gasteiger partial charge in [-0.3, -0.25) is 14.4 Å². The Kier molecular flexibility index (Phi) is 5.71. The van der Waals surface area contributed by atoms with Crippen LogP contribution >= 0.6 is 0 Å². The molecule has 1 saturated heterocycles. The molecule has 0 bridgehead atoms. The summed E-state index contributed by atoms with van der Waals surface area (Å²) in [6, 6.07) is 10.4. The zero-order valence-corrected chi connectivity index (χ0v) is 14.9. The molecule has 0 spiro atoms. The smallest absolute Gasteiger partial charge is 0.241 e. The van der Waals surface area contributed by atoms with Gasteiger partial charge >= 0.3 is 0 Å². The van der Waals surface area contributed by atoms with Gasteiger partial charge in [0.2, 0.25) is 5.91 Å². The van der Waals surface area contributed by atoms with Crippen molar-refractivity contribution in [1.82, 2.24) is 20.0 Å². The van der Waals surface area contributed by atoms with Gasteiger partial charge in [0.15, 0.2) is 0 Å². The Morgan fingerprint density at radius 1 is 1.36 bits per heavy atom. The van der Waals surface area contributed by atoms with E-state index in [-0.39, 0.29) is 12.5 Å². The molecule has 0 unspecified atom stereocenters. The summed E-state index contributed by atoms with van der Waals surface area (Å²) in [7, 11) is 3.84. The van der Waals surface area contributed by atoms with E-state index < -0.39 is 0 Å². The van der Waals surface area contributed by atoms with Gasteiger partial charge in [-0.15, -0.1) is 0 Å². The Bertz CT molecular complexity index is 669. The van der Waals surface area contributed by atoms with Crippen LogP contribution in [0.5, 0.6) is 5.75 Å². The minimum atomic E-state index is 0.00501. The summed E-state index contributed by atoms with van der Waals surface area (Å²) >= 11 is 0. The summed E-state index contributed by atoms with van der Waals surface area (Å²) in [4.78, 5) is 14.5. The number of ether oxygens (including phenoxy) is 1. The molecule has 0 saturated carbocycles. The summed E-state index contributed by atoms with van der Waals surface area (Å²) in [5.74, 6) is 1.27. The standard InChI is InChI=1S/C19H26N4O2/c1-22-11-3-5-16(13-20-18(24)14-23-12-4-10-21-23)19(22)15-6-8-17(25-2)9-7-15/h4,6-10,12,16,19H,3,5,11,13-14H2,1-2H3,(H,20,24)/t16-,19-/m1/s1. The molecule has 2 heterocycles. The van der Waals surface area contributed by atoms with Gasteiger partial charge in [-0.1, -0.05) is 12.1 Å². The Labute approximate surface area is 148 Å². The van der Waals surface area contributed by atoms with E-state index in [1.807, 2.05) is 18.2 Å². The van der Waals surface area contributed by atoms with Gasteiger partial charge in [-0.05, 0) is 56.1 Å². The fourth-order valence-electron chi connectivity index (χ4n) is 3.64. The molecule has 25 heavy (non-hydrogen) atoms. The Hall–Kier alpha value is -2.34. The van der Waals surface area contributed by atoms with Crippen molar-refractivity contribution >= 4 is 5.91 Å². The van der Waals surface area contributed by atoms with E-state index >= 15 is 0 Å². The zero-order chi connectivity index (χ0) is 17.6. The van der Waals surface area contributed by atoms with Crippen LogP contribution < -0.4 is 10.1 Å². The Morgan fingerprint density at radius 2 is 2.16 bits per heavy atom. The first-order valence-electron chi connectivity index (χ1n) is 8.75. The third-order valence-corrected chi connectivity index (χ3v) is 4.89. The van der Waals surface area contributed by atoms with Crippen LogP contribution in [0.25, 0.3) is 0 Å². The van der Waals surface area contributed by atoms with Crippen molar-refractivity contribution in [3.63, 3.8) is 0 Å². The second-order valence-electron chi connectivity index (χ2n) is 6.61. The summed E-state index contributed by atoms with van der Waals surface area (Å²) in [5.41, 5.74) is 1.27. The van der Waals surface area contributed by atoms with Gasteiger partial charge in [-0.2, -0.15) is 5.10 Å². The summed E-state index contributed by atoms with van der Waals surface area (Å²) < 4.78 is 6.90. The molecule has 0 radical (unpaired) electrons. The van der Waals surface area contributed by atoms with Gasteiger partial charge in [0.1, 0.15) is 12.3 Å². The van der Waals surface area contributed by atoms with Crippen molar-refractivity contribution in [1.29, 1.82) is 0 Å². The molecule has 1 aromatic heterocycles. The summed E-state index contributed by atoms with van der Waals surface area (Å²) in [6.45, 7) is 2.03. The lowest BCUT2D eigenvalue weighted by Gasteiger charge is -2.39. The molecule has 1 aliphatic rings. The summed E-state index contributed by atoms with van der Waals surface area (Å²) in [6.07, 6.45) is 5.75. The number of methoxy groups -OCH3 is 1. The number of nitrogens with one attached hydrogen (secondary N) is 1. The quantitative estimate of drug-likeness (QED) is 0.873. The third-order valence-electron chi connectivity index (χ3n) is 4.89. The van der Waals surface area contributed by atoms with Gasteiger partial charge in [-0.25, -0.2) is 0 Å². The molecular weight excluding hydrogens is 316 g/mol. The van der Waals surface area contributed by atoms with Crippen LogP contribution in [-0.2, 0) is 11.3 Å². The Balaban J connectivity index is 1.63. The van der Waals surface area contributed by atoms with E-state index in [1.165, 1.54) is 5.56 Å². The van der Waals surface area contributed by atoms with Crippen LogP contribution in [-0.4, -0.2) is 47.8 Å². The molecular formula is C19H26N4O2. The molecule has 1 N–H and O–H groups in total. The molecule has 6 nitrogen and oxygen atoms in total. The van der Waals surface area contributed by atoms with E-state index in [2.05, 4.69) is 34.5 Å². The molecule has 134 valence electrons. The maximum Gasteiger partial charge on any atom is 0.241 e. The van der Waals surface area contributed by atoms with Crippen LogP contribution in [0.3, 0.4) is 0 Å². The average molecular weight is 342 g/mol. The van der Waals surface area contributed by atoms with Crippen molar-refractivity contribution in [2.24, 2.45) is 5.92 Å². The fraction of sp³-hybridized carbons (Fsp3) is 0.474. The van der Waals surface area contributed by atoms with Crippen LogP contribution in [0.4, 0.5) is 0 Å². The van der Waals surface area contributed by atoms with Crippen molar-refractivity contribution in [3.8, 4) is 5.75 Å².